The Bertz CT molecular complexity index is 2930. The lowest BCUT2D eigenvalue weighted by Crippen LogP contribution is -2.26. The molecular formula is C67H64N4. The number of nitriles is 1. The first-order valence-electron chi connectivity index (χ1n) is 26.2. The summed E-state index contributed by atoms with van der Waals surface area (Å²) >= 11 is 0. The molecule has 0 fully saturated rings. The molecule has 0 radical (unpaired) electrons. The molecule has 10 rings (SSSR count). The van der Waals surface area contributed by atoms with E-state index in [-0.39, 0.29) is 0 Å². The topological polar surface area (TPSA) is 34.6 Å². The average Bonchev–Trinajstić information content (AvgIpc) is 3.88. The van der Waals surface area contributed by atoms with Crippen molar-refractivity contribution in [2.24, 2.45) is 0 Å². The third kappa shape index (κ3) is 8.83. The van der Waals surface area contributed by atoms with Crippen LogP contribution < -0.4 is 9.80 Å². The summed E-state index contributed by atoms with van der Waals surface area (Å²) < 4.78 is 0. The van der Waals surface area contributed by atoms with Gasteiger partial charge in [-0.05, 0) is 203 Å². The number of unbranched alkanes of at least 4 members (excludes halogenated alkanes) is 4. The fourth-order valence-electron chi connectivity index (χ4n) is 11.3. The van der Waals surface area contributed by atoms with Crippen molar-refractivity contribution in [3.8, 4) is 28.3 Å². The molecule has 71 heavy (non-hydrogen) atoms. The third-order valence-corrected chi connectivity index (χ3v) is 15.1. The van der Waals surface area contributed by atoms with Gasteiger partial charge in [-0.3, -0.25) is 0 Å². The van der Waals surface area contributed by atoms with Gasteiger partial charge in [0.25, 0.3) is 0 Å². The first kappa shape index (κ1) is 47.0. The maximum atomic E-state index is 10.6. The van der Waals surface area contributed by atoms with Gasteiger partial charge in [0.05, 0.1) is 23.6 Å². The van der Waals surface area contributed by atoms with Crippen molar-refractivity contribution in [1.29, 1.82) is 5.26 Å². The van der Waals surface area contributed by atoms with Crippen molar-refractivity contribution in [2.75, 3.05) is 9.80 Å². The smallest absolute Gasteiger partial charge is 0.187 e. The highest BCUT2D eigenvalue weighted by Gasteiger charge is 2.52. The maximum absolute atomic E-state index is 10.6. The third-order valence-electron chi connectivity index (χ3n) is 15.1. The Morgan fingerprint density at radius 1 is 0.394 bits per heavy atom. The van der Waals surface area contributed by atoms with E-state index in [1.807, 2.05) is 12.1 Å². The fourth-order valence-corrected chi connectivity index (χ4v) is 11.3. The Hall–Kier alpha value is -7.66. The number of fused-ring (bicyclic) bond motifs is 10. The molecular weight excluding hydrogens is 861 g/mol. The van der Waals surface area contributed by atoms with Gasteiger partial charge < -0.3 is 9.80 Å². The fraction of sp³-hybridized carbons (Fsp3) is 0.254. The zero-order valence-electron chi connectivity index (χ0n) is 41.9. The Labute approximate surface area is 422 Å². The van der Waals surface area contributed by atoms with Crippen LogP contribution >= 0.6 is 0 Å². The highest BCUT2D eigenvalue weighted by molar-refractivity contribution is 5.98. The van der Waals surface area contributed by atoms with Crippen molar-refractivity contribution in [1.82, 2.24) is 0 Å². The number of hydrogen-bond donors (Lipinski definition) is 0. The van der Waals surface area contributed by atoms with Gasteiger partial charge in [-0.15, -0.1) is 0 Å². The first-order valence-corrected chi connectivity index (χ1v) is 26.2. The second-order valence-electron chi connectivity index (χ2n) is 19.7. The summed E-state index contributed by atoms with van der Waals surface area (Å²) in [7, 11) is 0. The molecule has 0 bridgehead atoms. The van der Waals surface area contributed by atoms with Gasteiger partial charge in [0.15, 0.2) is 5.69 Å². The normalized spacial score (nSPS) is 12.4. The molecule has 352 valence electrons. The van der Waals surface area contributed by atoms with Crippen LogP contribution in [0.2, 0.25) is 0 Å². The van der Waals surface area contributed by atoms with E-state index in [2.05, 4.69) is 206 Å². The number of aryl methyl sites for hydroxylation is 4. The van der Waals surface area contributed by atoms with Crippen LogP contribution in [0.1, 0.15) is 129 Å². The van der Waals surface area contributed by atoms with Crippen molar-refractivity contribution >= 4 is 39.8 Å². The minimum absolute atomic E-state index is 0.597. The Balaban J connectivity index is 1.21. The van der Waals surface area contributed by atoms with Crippen molar-refractivity contribution < 1.29 is 0 Å². The lowest BCUT2D eigenvalue weighted by Gasteiger charge is -2.33. The molecule has 0 aromatic heterocycles. The van der Waals surface area contributed by atoms with Gasteiger partial charge in [0, 0.05) is 34.1 Å². The molecule has 8 aromatic rings. The number of rotatable bonds is 18. The van der Waals surface area contributed by atoms with Gasteiger partial charge in [0.2, 0.25) is 0 Å². The van der Waals surface area contributed by atoms with Crippen molar-refractivity contribution in [3.63, 3.8) is 0 Å². The predicted molar refractivity (Wildman–Crippen MR) is 298 cm³/mol. The minimum atomic E-state index is -0.839. The van der Waals surface area contributed by atoms with E-state index in [0.29, 0.717) is 11.3 Å². The second kappa shape index (κ2) is 20.7. The molecule has 8 aromatic carbocycles. The molecule has 4 nitrogen and oxygen atoms in total. The number of benzene rings is 8. The van der Waals surface area contributed by atoms with Crippen LogP contribution in [0, 0.1) is 17.9 Å². The van der Waals surface area contributed by atoms with Crippen molar-refractivity contribution in [3.05, 3.63) is 231 Å². The van der Waals surface area contributed by atoms with E-state index in [9.17, 15) is 5.26 Å². The quantitative estimate of drug-likeness (QED) is 0.0804. The van der Waals surface area contributed by atoms with E-state index in [1.54, 1.807) is 0 Å². The first-order chi connectivity index (χ1) is 34.9. The highest BCUT2D eigenvalue weighted by atomic mass is 15.1. The summed E-state index contributed by atoms with van der Waals surface area (Å²) in [6.07, 6.45) is 13.6. The molecule has 2 aliphatic rings. The van der Waals surface area contributed by atoms with Gasteiger partial charge >= 0.3 is 0 Å². The zero-order valence-corrected chi connectivity index (χ0v) is 41.9. The summed E-state index contributed by atoms with van der Waals surface area (Å²) in [5.74, 6) is 0. The molecule has 1 spiro atoms. The van der Waals surface area contributed by atoms with E-state index in [0.717, 1.165) is 156 Å². The lowest BCUT2D eigenvalue weighted by molar-refractivity contribution is 0.793. The van der Waals surface area contributed by atoms with Crippen LogP contribution in [-0.4, -0.2) is 0 Å². The van der Waals surface area contributed by atoms with Crippen molar-refractivity contribution in [2.45, 2.75) is 110 Å². The predicted octanol–water partition coefficient (Wildman–Crippen LogP) is 18.8. The summed E-state index contributed by atoms with van der Waals surface area (Å²) in [5.41, 5.74) is 21.2. The number of anilines is 6. The Morgan fingerprint density at radius 3 is 1.04 bits per heavy atom. The monoisotopic (exact) mass is 925 g/mol. The van der Waals surface area contributed by atoms with E-state index < -0.39 is 5.41 Å². The summed E-state index contributed by atoms with van der Waals surface area (Å²) in [4.78, 5) is 8.86. The van der Waals surface area contributed by atoms with Gasteiger partial charge in [-0.2, -0.15) is 5.26 Å². The zero-order chi connectivity index (χ0) is 48.9. The van der Waals surface area contributed by atoms with Crippen LogP contribution in [0.3, 0.4) is 0 Å². The lowest BCUT2D eigenvalue weighted by atomic mass is 9.70. The summed E-state index contributed by atoms with van der Waals surface area (Å²) in [5, 5.41) is 10.6. The summed E-state index contributed by atoms with van der Waals surface area (Å²) in [6, 6.07) is 65.5. The van der Waals surface area contributed by atoms with Gasteiger partial charge in [-0.25, -0.2) is 4.85 Å². The SMILES string of the molecule is [C-]#[N+]c1ccc2c(c1)C1(c3cc(C#N)ccc3-2)c2cc(N(c3ccc(CCCC)cc3)c3ccc(CCCC)cc3)ccc2-c2ccc(N(c3ccc(CCCC)cc3)c3ccc(CCCC)cc3)cc21. The molecule has 0 amide bonds. The average molecular weight is 925 g/mol. The van der Waals surface area contributed by atoms with Gasteiger partial charge in [-0.1, -0.05) is 138 Å². The van der Waals surface area contributed by atoms with Crippen LogP contribution in [0.4, 0.5) is 39.8 Å². The Morgan fingerprint density at radius 2 is 0.704 bits per heavy atom. The largest absolute Gasteiger partial charge is 0.310 e. The van der Waals surface area contributed by atoms with Crippen LogP contribution in [0.25, 0.3) is 27.1 Å². The van der Waals surface area contributed by atoms with Crippen LogP contribution in [-0.2, 0) is 31.1 Å². The van der Waals surface area contributed by atoms with Gasteiger partial charge in [0.1, 0.15) is 0 Å². The van der Waals surface area contributed by atoms with E-state index >= 15 is 0 Å². The summed E-state index contributed by atoms with van der Waals surface area (Å²) in [6.45, 7) is 17.3. The second-order valence-corrected chi connectivity index (χ2v) is 19.7. The standard InChI is InChI=1S/C67H64N4/c1-6-10-14-47-18-28-53(29-19-47)70(54-30-20-48(21-31-54)15-11-7-2)57-36-40-61-62-41-37-58(71(55-32-22-49(23-33-55)16-12-8-3)56-34-24-50(25-35-56)17-13-9-4)45-66(62)67(65(61)44-57)63-42-51(46-68)26-38-59(63)60-39-27-52(69-5)43-64(60)67/h18-45H,6-17H2,1-4H3. The number of hydrogen-bond acceptors (Lipinski definition) is 3. The Kier molecular flexibility index (Phi) is 13.7. The molecule has 0 saturated carbocycles. The highest BCUT2D eigenvalue weighted by Crippen LogP contribution is 2.64. The van der Waals surface area contributed by atoms with E-state index in [4.69, 9.17) is 6.57 Å². The van der Waals surface area contributed by atoms with Crippen LogP contribution in [0.5, 0.6) is 0 Å². The molecule has 0 aliphatic heterocycles. The van der Waals surface area contributed by atoms with E-state index in [1.165, 1.54) is 22.3 Å². The number of nitrogens with zero attached hydrogens (tertiary/aromatic N) is 4. The van der Waals surface area contributed by atoms with Crippen LogP contribution in [0.15, 0.2) is 170 Å². The molecule has 4 heteroatoms. The minimum Gasteiger partial charge on any atom is -0.310 e. The molecule has 0 unspecified atom stereocenters. The molecule has 0 heterocycles. The molecule has 0 N–H and O–H groups in total. The molecule has 0 atom stereocenters. The molecule has 0 saturated heterocycles. The molecule has 2 aliphatic carbocycles. The maximum Gasteiger partial charge on any atom is 0.187 e.